The van der Waals surface area contributed by atoms with Crippen molar-refractivity contribution in [3.05, 3.63) is 69.9 Å². The van der Waals surface area contributed by atoms with Gasteiger partial charge in [-0.05, 0) is 43.3 Å². The summed E-state index contributed by atoms with van der Waals surface area (Å²) in [6.07, 6.45) is 4.75. The lowest BCUT2D eigenvalue weighted by atomic mass is 10.2. The van der Waals surface area contributed by atoms with Crippen molar-refractivity contribution in [3.63, 3.8) is 0 Å². The van der Waals surface area contributed by atoms with Gasteiger partial charge in [0.2, 0.25) is 0 Å². The Labute approximate surface area is 167 Å². The maximum Gasteiger partial charge on any atom is 0.267 e. The molecular weight excluding hydrogens is 396 g/mol. The largest absolute Gasteiger partial charge is 0.321 e. The minimum absolute atomic E-state index is 0.275. The molecule has 10 heteroatoms. The van der Waals surface area contributed by atoms with Crippen LogP contribution in [0.5, 0.6) is 0 Å². The van der Waals surface area contributed by atoms with Gasteiger partial charge in [0.15, 0.2) is 5.13 Å². The molecule has 0 atom stereocenters. The molecule has 8 nitrogen and oxygen atoms in total. The molecule has 0 unspecified atom stereocenters. The molecule has 0 saturated heterocycles. The first-order valence-electron chi connectivity index (χ1n) is 8.18. The van der Waals surface area contributed by atoms with E-state index in [-0.39, 0.29) is 11.8 Å². The molecule has 140 valence electrons. The number of carbonyl (C=O) groups excluding carboxylic acids is 2. The highest BCUT2D eigenvalue weighted by atomic mass is 32.1. The van der Waals surface area contributed by atoms with Crippen molar-refractivity contribution in [2.75, 3.05) is 10.6 Å². The second kappa shape index (κ2) is 7.71. The minimum Gasteiger partial charge on any atom is -0.321 e. The van der Waals surface area contributed by atoms with E-state index in [1.54, 1.807) is 41.5 Å². The SMILES string of the molecule is Cc1cnc(NC(=O)c2ccc(C(=O)Nc3ccc(-n4cncn4)cc3)s2)s1. The van der Waals surface area contributed by atoms with Crippen LogP contribution in [-0.2, 0) is 0 Å². The summed E-state index contributed by atoms with van der Waals surface area (Å²) in [7, 11) is 0. The lowest BCUT2D eigenvalue weighted by molar-refractivity contribution is 0.102. The number of rotatable bonds is 5. The van der Waals surface area contributed by atoms with E-state index < -0.39 is 0 Å². The molecule has 0 aliphatic rings. The number of amides is 2. The van der Waals surface area contributed by atoms with Crippen LogP contribution in [-0.4, -0.2) is 31.6 Å². The molecule has 28 heavy (non-hydrogen) atoms. The van der Waals surface area contributed by atoms with Gasteiger partial charge in [-0.25, -0.2) is 14.6 Å². The zero-order valence-corrected chi connectivity index (χ0v) is 16.3. The molecule has 2 N–H and O–H groups in total. The Kier molecular flexibility index (Phi) is 4.96. The zero-order valence-electron chi connectivity index (χ0n) is 14.6. The summed E-state index contributed by atoms with van der Waals surface area (Å²) in [5.41, 5.74) is 1.48. The predicted molar refractivity (Wildman–Crippen MR) is 108 cm³/mol. The third kappa shape index (κ3) is 3.97. The van der Waals surface area contributed by atoms with E-state index in [1.807, 2.05) is 19.1 Å². The summed E-state index contributed by atoms with van der Waals surface area (Å²) in [5.74, 6) is -0.557. The monoisotopic (exact) mass is 410 g/mol. The maximum atomic E-state index is 12.5. The lowest BCUT2D eigenvalue weighted by Crippen LogP contribution is -2.11. The van der Waals surface area contributed by atoms with Crippen LogP contribution in [0.3, 0.4) is 0 Å². The van der Waals surface area contributed by atoms with Crippen molar-refractivity contribution in [1.29, 1.82) is 0 Å². The second-order valence-corrected chi connectivity index (χ2v) is 8.05. The summed E-state index contributed by atoms with van der Waals surface area (Å²) >= 11 is 2.52. The molecule has 0 aliphatic heterocycles. The number of thiazole rings is 1. The molecule has 0 fully saturated rings. The third-order valence-corrected chi connectivity index (χ3v) is 5.61. The van der Waals surface area contributed by atoms with E-state index in [0.29, 0.717) is 20.6 Å². The Morgan fingerprint density at radius 1 is 0.964 bits per heavy atom. The maximum absolute atomic E-state index is 12.5. The normalized spacial score (nSPS) is 10.6. The van der Waals surface area contributed by atoms with E-state index in [9.17, 15) is 9.59 Å². The average molecular weight is 410 g/mol. The zero-order chi connectivity index (χ0) is 19.5. The number of anilines is 2. The fourth-order valence-corrected chi connectivity index (χ4v) is 3.84. The summed E-state index contributed by atoms with van der Waals surface area (Å²) in [6.45, 7) is 1.92. The van der Waals surface area contributed by atoms with Gasteiger partial charge in [0, 0.05) is 16.8 Å². The molecule has 3 heterocycles. The average Bonchev–Trinajstić information content (AvgIpc) is 3.44. The summed E-state index contributed by atoms with van der Waals surface area (Å²) in [4.78, 5) is 34.7. The first-order chi connectivity index (χ1) is 13.6. The van der Waals surface area contributed by atoms with E-state index in [1.165, 1.54) is 17.7 Å². The van der Waals surface area contributed by atoms with Crippen LogP contribution >= 0.6 is 22.7 Å². The second-order valence-electron chi connectivity index (χ2n) is 5.74. The Morgan fingerprint density at radius 3 is 2.29 bits per heavy atom. The quantitative estimate of drug-likeness (QED) is 0.523. The van der Waals surface area contributed by atoms with Crippen molar-refractivity contribution in [2.45, 2.75) is 6.92 Å². The molecule has 3 aromatic heterocycles. The Balaban J connectivity index is 1.40. The van der Waals surface area contributed by atoms with Crippen LogP contribution in [0, 0.1) is 6.92 Å². The number of thiophene rings is 1. The van der Waals surface area contributed by atoms with Gasteiger partial charge >= 0.3 is 0 Å². The standard InChI is InChI=1S/C18H14N6O2S2/c1-11-8-20-18(27-11)23-17(26)15-7-6-14(28-15)16(25)22-12-2-4-13(5-3-12)24-10-19-9-21-24/h2-10H,1H3,(H,22,25)(H,20,23,26). The number of aryl methyl sites for hydroxylation is 1. The van der Waals surface area contributed by atoms with E-state index in [4.69, 9.17) is 0 Å². The summed E-state index contributed by atoms with van der Waals surface area (Å²) in [6, 6.07) is 10.5. The highest BCUT2D eigenvalue weighted by Gasteiger charge is 2.15. The highest BCUT2D eigenvalue weighted by Crippen LogP contribution is 2.22. The molecule has 1 aromatic carbocycles. The van der Waals surface area contributed by atoms with Gasteiger partial charge in [-0.2, -0.15) is 5.10 Å². The van der Waals surface area contributed by atoms with Crippen molar-refractivity contribution >= 4 is 45.3 Å². The molecule has 0 spiro atoms. The summed E-state index contributed by atoms with van der Waals surface area (Å²) in [5, 5.41) is 10.1. The number of hydrogen-bond donors (Lipinski definition) is 2. The molecular formula is C18H14N6O2S2. The van der Waals surface area contributed by atoms with E-state index >= 15 is 0 Å². The predicted octanol–water partition coefficient (Wildman–Crippen LogP) is 3.60. The van der Waals surface area contributed by atoms with Crippen LogP contribution in [0.15, 0.2) is 55.2 Å². The van der Waals surface area contributed by atoms with Crippen molar-refractivity contribution in [3.8, 4) is 5.69 Å². The summed E-state index contributed by atoms with van der Waals surface area (Å²) < 4.78 is 1.62. The number of nitrogens with zero attached hydrogens (tertiary/aromatic N) is 4. The number of carbonyl (C=O) groups is 2. The van der Waals surface area contributed by atoms with E-state index in [0.717, 1.165) is 21.9 Å². The number of hydrogen-bond acceptors (Lipinski definition) is 7. The Morgan fingerprint density at radius 2 is 1.68 bits per heavy atom. The molecule has 4 rings (SSSR count). The van der Waals surface area contributed by atoms with Crippen LogP contribution in [0.2, 0.25) is 0 Å². The molecule has 0 radical (unpaired) electrons. The van der Waals surface area contributed by atoms with Gasteiger partial charge in [-0.1, -0.05) is 0 Å². The van der Waals surface area contributed by atoms with Gasteiger partial charge in [0.05, 0.1) is 15.4 Å². The molecule has 0 bridgehead atoms. The van der Waals surface area contributed by atoms with Crippen LogP contribution in [0.1, 0.15) is 24.2 Å². The topological polar surface area (TPSA) is 102 Å². The van der Waals surface area contributed by atoms with Crippen molar-refractivity contribution in [1.82, 2.24) is 19.7 Å². The van der Waals surface area contributed by atoms with Gasteiger partial charge < -0.3 is 5.32 Å². The Bertz CT molecular complexity index is 1120. The molecule has 2 amide bonds. The van der Waals surface area contributed by atoms with Gasteiger partial charge in [-0.3, -0.25) is 14.9 Å². The minimum atomic E-state index is -0.282. The molecule has 4 aromatic rings. The van der Waals surface area contributed by atoms with Gasteiger partial charge in [0.25, 0.3) is 11.8 Å². The lowest BCUT2D eigenvalue weighted by Gasteiger charge is -2.05. The van der Waals surface area contributed by atoms with Gasteiger partial charge in [-0.15, -0.1) is 22.7 Å². The van der Waals surface area contributed by atoms with Crippen molar-refractivity contribution in [2.24, 2.45) is 0 Å². The van der Waals surface area contributed by atoms with Crippen LogP contribution in [0.25, 0.3) is 5.69 Å². The molecule has 0 aliphatic carbocycles. The number of aromatic nitrogens is 4. The smallest absolute Gasteiger partial charge is 0.267 e. The third-order valence-electron chi connectivity index (χ3n) is 3.70. The number of nitrogens with one attached hydrogen (secondary N) is 2. The first kappa shape index (κ1) is 18.0. The van der Waals surface area contributed by atoms with E-state index in [2.05, 4.69) is 25.7 Å². The Hall–Kier alpha value is -3.37. The van der Waals surface area contributed by atoms with Crippen molar-refractivity contribution < 1.29 is 9.59 Å². The van der Waals surface area contributed by atoms with Crippen LogP contribution in [0.4, 0.5) is 10.8 Å². The fourth-order valence-electron chi connectivity index (χ4n) is 2.38. The van der Waals surface area contributed by atoms with Gasteiger partial charge in [0.1, 0.15) is 12.7 Å². The fraction of sp³-hybridized carbons (Fsp3) is 0.0556. The first-order valence-corrected chi connectivity index (χ1v) is 9.82. The van der Waals surface area contributed by atoms with Crippen LogP contribution < -0.4 is 10.6 Å². The molecule has 0 saturated carbocycles. The number of benzene rings is 1. The highest BCUT2D eigenvalue weighted by molar-refractivity contribution is 7.17.